The van der Waals surface area contributed by atoms with E-state index < -0.39 is 0 Å². The second-order valence-corrected chi connectivity index (χ2v) is 8.75. The summed E-state index contributed by atoms with van der Waals surface area (Å²) in [6.07, 6.45) is 6.89. The number of carbonyl (C=O) groups excluding carboxylic acids is 2. The van der Waals surface area contributed by atoms with Crippen LogP contribution in [0, 0.1) is 17.8 Å². The third-order valence-electron chi connectivity index (χ3n) is 6.04. The number of thioether (sulfide) groups is 1. The Morgan fingerprint density at radius 2 is 1.72 bits per heavy atom. The highest BCUT2D eigenvalue weighted by atomic mass is 35.5. The average molecular weight is 390 g/mol. The molecule has 0 bridgehead atoms. The van der Waals surface area contributed by atoms with E-state index in [0.717, 1.165) is 69.5 Å². The molecule has 2 aliphatic carbocycles. The number of nitrogens with two attached hydrogens (primary N) is 1. The summed E-state index contributed by atoms with van der Waals surface area (Å²) in [6.45, 7) is 2.43. The van der Waals surface area contributed by atoms with Crippen molar-refractivity contribution in [2.45, 2.75) is 51.0 Å². The lowest BCUT2D eigenvalue weighted by atomic mass is 9.84. The van der Waals surface area contributed by atoms with Crippen LogP contribution in [0.15, 0.2) is 0 Å². The summed E-state index contributed by atoms with van der Waals surface area (Å²) < 4.78 is 0. The molecule has 2 atom stereocenters. The predicted octanol–water partition coefficient (Wildman–Crippen LogP) is 2.03. The van der Waals surface area contributed by atoms with Gasteiger partial charge in [-0.05, 0) is 51.0 Å². The van der Waals surface area contributed by atoms with Crippen molar-refractivity contribution in [2.24, 2.45) is 23.5 Å². The van der Waals surface area contributed by atoms with E-state index in [1.807, 2.05) is 16.7 Å². The highest BCUT2D eigenvalue weighted by Gasteiger charge is 2.35. The molecule has 1 heterocycles. The zero-order valence-corrected chi connectivity index (χ0v) is 16.6. The standard InChI is InChI=1S/C18H31N3O2S.ClH/c19-12-14-2-1-3-16(14)17(22)20-15-6-4-13(5-7-15)18(23)21-8-10-24-11-9-21;/h13-16H,1-12,19H2,(H,20,22);1H/t13?,14-,15?,16-;/m1./s1. The van der Waals surface area contributed by atoms with Gasteiger partial charge in [0, 0.05) is 42.5 Å². The molecule has 3 aliphatic rings. The second kappa shape index (κ2) is 10.0. The number of nitrogens with zero attached hydrogens (tertiary/aromatic N) is 1. The van der Waals surface area contributed by atoms with Crippen molar-refractivity contribution in [3.8, 4) is 0 Å². The van der Waals surface area contributed by atoms with E-state index in [4.69, 9.17) is 5.73 Å². The van der Waals surface area contributed by atoms with Gasteiger partial charge in [-0.3, -0.25) is 9.59 Å². The molecule has 5 nitrogen and oxygen atoms in total. The number of hydrogen-bond donors (Lipinski definition) is 2. The van der Waals surface area contributed by atoms with Gasteiger partial charge in [-0.25, -0.2) is 0 Å². The van der Waals surface area contributed by atoms with E-state index in [0.29, 0.717) is 18.4 Å². The lowest BCUT2D eigenvalue weighted by Gasteiger charge is -2.34. The summed E-state index contributed by atoms with van der Waals surface area (Å²) in [7, 11) is 0. The normalized spacial score (nSPS) is 32.8. The fourth-order valence-electron chi connectivity index (χ4n) is 4.50. The molecule has 3 N–H and O–H groups in total. The van der Waals surface area contributed by atoms with Crippen molar-refractivity contribution in [2.75, 3.05) is 31.1 Å². The van der Waals surface area contributed by atoms with Crippen LogP contribution in [0.5, 0.6) is 0 Å². The highest BCUT2D eigenvalue weighted by Crippen LogP contribution is 2.32. The number of rotatable bonds is 4. The van der Waals surface area contributed by atoms with Crippen molar-refractivity contribution in [3.63, 3.8) is 0 Å². The van der Waals surface area contributed by atoms with Gasteiger partial charge in [0.2, 0.25) is 11.8 Å². The van der Waals surface area contributed by atoms with Gasteiger partial charge in [0.05, 0.1) is 0 Å². The first-order valence-electron chi connectivity index (χ1n) is 9.56. The first-order chi connectivity index (χ1) is 11.7. The molecule has 2 amide bonds. The lowest BCUT2D eigenvalue weighted by molar-refractivity contribution is -0.136. The van der Waals surface area contributed by atoms with Crippen molar-refractivity contribution < 1.29 is 9.59 Å². The monoisotopic (exact) mass is 389 g/mol. The molecule has 0 aromatic carbocycles. The third kappa shape index (κ3) is 5.27. The Labute approximate surface area is 161 Å². The maximum Gasteiger partial charge on any atom is 0.225 e. The van der Waals surface area contributed by atoms with Crippen LogP contribution in [-0.4, -0.2) is 53.9 Å². The number of nitrogens with one attached hydrogen (secondary N) is 1. The van der Waals surface area contributed by atoms with E-state index in [9.17, 15) is 9.59 Å². The minimum atomic E-state index is 0. The van der Waals surface area contributed by atoms with Crippen LogP contribution in [0.3, 0.4) is 0 Å². The number of hydrogen-bond acceptors (Lipinski definition) is 4. The smallest absolute Gasteiger partial charge is 0.225 e. The summed E-state index contributed by atoms with van der Waals surface area (Å²) in [4.78, 5) is 27.1. The quantitative estimate of drug-likeness (QED) is 0.771. The molecule has 144 valence electrons. The van der Waals surface area contributed by atoms with Crippen molar-refractivity contribution >= 4 is 36.0 Å². The second-order valence-electron chi connectivity index (χ2n) is 7.53. The zero-order valence-electron chi connectivity index (χ0n) is 15.0. The minimum absolute atomic E-state index is 0. The molecular formula is C18H32ClN3O2S. The van der Waals surface area contributed by atoms with Crippen LogP contribution in [0.4, 0.5) is 0 Å². The number of carbonyl (C=O) groups is 2. The van der Waals surface area contributed by atoms with Gasteiger partial charge < -0.3 is 16.0 Å². The van der Waals surface area contributed by atoms with Crippen LogP contribution < -0.4 is 11.1 Å². The maximum atomic E-state index is 12.6. The Bertz CT molecular complexity index is 452. The molecule has 2 saturated carbocycles. The first-order valence-corrected chi connectivity index (χ1v) is 10.7. The van der Waals surface area contributed by atoms with Crippen molar-refractivity contribution in [1.29, 1.82) is 0 Å². The Kier molecular flexibility index (Phi) is 8.36. The van der Waals surface area contributed by atoms with Gasteiger partial charge in [0.15, 0.2) is 0 Å². The van der Waals surface area contributed by atoms with E-state index in [1.165, 1.54) is 0 Å². The Hall–Kier alpha value is -0.460. The van der Waals surface area contributed by atoms with Crippen molar-refractivity contribution in [3.05, 3.63) is 0 Å². The zero-order chi connectivity index (χ0) is 16.9. The van der Waals surface area contributed by atoms with E-state index in [-0.39, 0.29) is 36.2 Å². The molecule has 3 fully saturated rings. The Balaban J connectivity index is 0.00000225. The lowest BCUT2D eigenvalue weighted by Crippen LogP contribution is -2.46. The SMILES string of the molecule is Cl.NC[C@H]1CCC[C@H]1C(=O)NC1CCC(C(=O)N2CCSCC2)CC1. The first kappa shape index (κ1) is 20.8. The van der Waals surface area contributed by atoms with E-state index in [2.05, 4.69) is 5.32 Å². The molecule has 3 rings (SSSR count). The molecule has 0 radical (unpaired) electrons. The molecule has 0 spiro atoms. The van der Waals surface area contributed by atoms with Crippen LogP contribution in [0.25, 0.3) is 0 Å². The summed E-state index contributed by atoms with van der Waals surface area (Å²) >= 11 is 1.93. The minimum Gasteiger partial charge on any atom is -0.353 e. The number of halogens is 1. The average Bonchev–Trinajstić information content (AvgIpc) is 3.11. The Morgan fingerprint density at radius 1 is 1.04 bits per heavy atom. The summed E-state index contributed by atoms with van der Waals surface area (Å²) in [5.74, 6) is 3.33. The highest BCUT2D eigenvalue weighted by molar-refractivity contribution is 7.99. The van der Waals surface area contributed by atoms with Crippen molar-refractivity contribution in [1.82, 2.24) is 10.2 Å². The van der Waals surface area contributed by atoms with Crippen LogP contribution >= 0.6 is 24.2 Å². The van der Waals surface area contributed by atoms with Crippen LogP contribution in [0.1, 0.15) is 44.9 Å². The molecule has 7 heteroatoms. The van der Waals surface area contributed by atoms with Gasteiger partial charge >= 0.3 is 0 Å². The summed E-state index contributed by atoms with van der Waals surface area (Å²) in [6, 6.07) is 0.248. The van der Waals surface area contributed by atoms with E-state index in [1.54, 1.807) is 0 Å². The van der Waals surface area contributed by atoms with Gasteiger partial charge in [-0.1, -0.05) is 6.42 Å². The fraction of sp³-hybridized carbons (Fsp3) is 0.889. The van der Waals surface area contributed by atoms with Gasteiger partial charge in [0.1, 0.15) is 0 Å². The van der Waals surface area contributed by atoms with Crippen LogP contribution in [0.2, 0.25) is 0 Å². The molecule has 0 aromatic rings. The Morgan fingerprint density at radius 3 is 2.36 bits per heavy atom. The summed E-state index contributed by atoms with van der Waals surface area (Å²) in [5.41, 5.74) is 5.79. The van der Waals surface area contributed by atoms with Gasteiger partial charge in [-0.2, -0.15) is 11.8 Å². The third-order valence-corrected chi connectivity index (χ3v) is 6.99. The van der Waals surface area contributed by atoms with Gasteiger partial charge in [-0.15, -0.1) is 12.4 Å². The fourth-order valence-corrected chi connectivity index (χ4v) is 5.40. The molecule has 25 heavy (non-hydrogen) atoms. The molecular weight excluding hydrogens is 358 g/mol. The largest absolute Gasteiger partial charge is 0.353 e. The summed E-state index contributed by atoms with van der Waals surface area (Å²) in [5, 5.41) is 3.24. The van der Waals surface area contributed by atoms with Crippen LogP contribution in [-0.2, 0) is 9.59 Å². The predicted molar refractivity (Wildman–Crippen MR) is 105 cm³/mol. The molecule has 0 aromatic heterocycles. The molecule has 0 unspecified atom stereocenters. The van der Waals surface area contributed by atoms with E-state index >= 15 is 0 Å². The van der Waals surface area contributed by atoms with Gasteiger partial charge in [0.25, 0.3) is 0 Å². The maximum absolute atomic E-state index is 12.6. The molecule has 1 aliphatic heterocycles. The molecule has 1 saturated heterocycles. The topological polar surface area (TPSA) is 75.4 Å². The number of amides is 2.